The molecule has 18 heavy (non-hydrogen) atoms. The molecule has 5 nitrogen and oxygen atoms in total. The molecule has 0 bridgehead atoms. The van der Waals surface area contributed by atoms with Gasteiger partial charge < -0.3 is 15.4 Å². The number of halogens is 1. The summed E-state index contributed by atoms with van der Waals surface area (Å²) in [4.78, 5) is 22.9. The maximum absolute atomic E-state index is 11.5. The molecule has 0 spiro atoms. The van der Waals surface area contributed by atoms with Crippen molar-refractivity contribution in [2.45, 2.75) is 6.92 Å². The summed E-state index contributed by atoms with van der Waals surface area (Å²) in [5, 5.41) is 5.43. The average molecular weight is 271 g/mol. The van der Waals surface area contributed by atoms with Crippen LogP contribution >= 0.6 is 11.6 Å². The fraction of sp³-hybridized carbons (Fsp3) is 0.333. The van der Waals surface area contributed by atoms with Gasteiger partial charge >= 0.3 is 0 Å². The molecule has 0 aliphatic rings. The van der Waals surface area contributed by atoms with Gasteiger partial charge in [0.25, 0.3) is 5.91 Å². The molecule has 0 heterocycles. The molecule has 0 saturated heterocycles. The Labute approximate surface area is 110 Å². The third-order valence-electron chi connectivity index (χ3n) is 2.16. The second kappa shape index (κ2) is 6.98. The first-order valence-corrected chi connectivity index (χ1v) is 5.85. The van der Waals surface area contributed by atoms with Crippen molar-refractivity contribution in [1.82, 2.24) is 5.32 Å². The van der Waals surface area contributed by atoms with Gasteiger partial charge in [-0.15, -0.1) is 0 Å². The molecule has 0 aliphatic carbocycles. The fourth-order valence-corrected chi connectivity index (χ4v) is 1.51. The Hall–Kier alpha value is -1.59. The summed E-state index contributed by atoms with van der Waals surface area (Å²) in [6, 6.07) is 4.70. The zero-order valence-electron chi connectivity index (χ0n) is 10.2. The van der Waals surface area contributed by atoms with Gasteiger partial charge in [0.05, 0.1) is 10.6 Å². The largest absolute Gasteiger partial charge is 0.372 e. The number of nitrogens with one attached hydrogen (secondary N) is 2. The second-order valence-electron chi connectivity index (χ2n) is 3.46. The number of carbonyl (C=O) groups excluding carboxylic acids is 2. The highest BCUT2D eigenvalue weighted by Gasteiger charge is 2.10. The van der Waals surface area contributed by atoms with E-state index in [0.717, 1.165) is 0 Å². The maximum atomic E-state index is 11.5. The van der Waals surface area contributed by atoms with Crippen molar-refractivity contribution in [1.29, 1.82) is 0 Å². The average Bonchev–Trinajstić information content (AvgIpc) is 2.37. The van der Waals surface area contributed by atoms with E-state index >= 15 is 0 Å². The lowest BCUT2D eigenvalue weighted by Gasteiger charge is -2.08. The van der Waals surface area contributed by atoms with Crippen molar-refractivity contribution in [3.63, 3.8) is 0 Å². The molecule has 0 saturated carbocycles. The Morgan fingerprint density at radius 2 is 2.11 bits per heavy atom. The van der Waals surface area contributed by atoms with Gasteiger partial charge in [-0.1, -0.05) is 11.6 Å². The minimum Gasteiger partial charge on any atom is -0.372 e. The van der Waals surface area contributed by atoms with Crippen LogP contribution in [0.4, 0.5) is 5.69 Å². The number of rotatable bonds is 5. The smallest absolute Gasteiger partial charge is 0.252 e. The highest BCUT2D eigenvalue weighted by atomic mass is 35.5. The van der Waals surface area contributed by atoms with Crippen molar-refractivity contribution in [3.8, 4) is 0 Å². The van der Waals surface area contributed by atoms with Crippen LogP contribution in [-0.2, 0) is 9.53 Å². The zero-order chi connectivity index (χ0) is 13.5. The summed E-state index contributed by atoms with van der Waals surface area (Å²) in [7, 11) is 1.51. The molecule has 2 N–H and O–H groups in total. The lowest BCUT2D eigenvalue weighted by atomic mass is 10.2. The van der Waals surface area contributed by atoms with Gasteiger partial charge in [-0.25, -0.2) is 0 Å². The molecular weight excluding hydrogens is 256 g/mol. The second-order valence-corrected chi connectivity index (χ2v) is 3.87. The monoisotopic (exact) mass is 270 g/mol. The molecule has 0 unspecified atom stereocenters. The number of benzene rings is 1. The lowest BCUT2D eigenvalue weighted by Crippen LogP contribution is -2.20. The Morgan fingerprint density at radius 3 is 2.72 bits per heavy atom. The van der Waals surface area contributed by atoms with E-state index in [4.69, 9.17) is 16.3 Å². The fourth-order valence-electron chi connectivity index (χ4n) is 1.30. The molecule has 0 aromatic heterocycles. The van der Waals surface area contributed by atoms with Crippen LogP contribution < -0.4 is 10.6 Å². The minimum atomic E-state index is -0.305. The number of carbonyl (C=O) groups is 2. The molecule has 0 radical (unpaired) electrons. The molecule has 98 valence electrons. The Morgan fingerprint density at radius 1 is 1.39 bits per heavy atom. The summed E-state index contributed by atoms with van der Waals surface area (Å²) in [6.45, 7) is 2.26. The van der Waals surface area contributed by atoms with Crippen molar-refractivity contribution < 1.29 is 14.3 Å². The number of amides is 2. The van der Waals surface area contributed by atoms with Crippen molar-refractivity contribution in [2.75, 3.05) is 25.6 Å². The minimum absolute atomic E-state index is 0.0194. The SMILES string of the molecule is CCOCC(=O)Nc1ccc(Cl)c(C(=O)NC)c1. The molecular formula is C12H15ClN2O3. The van der Waals surface area contributed by atoms with E-state index in [2.05, 4.69) is 10.6 Å². The summed E-state index contributed by atoms with van der Waals surface area (Å²) < 4.78 is 4.97. The normalized spacial score (nSPS) is 9.94. The van der Waals surface area contributed by atoms with E-state index in [1.807, 2.05) is 0 Å². The van der Waals surface area contributed by atoms with E-state index < -0.39 is 0 Å². The van der Waals surface area contributed by atoms with Gasteiger partial charge in [0.1, 0.15) is 6.61 Å². The van der Waals surface area contributed by atoms with Gasteiger partial charge in [-0.05, 0) is 25.1 Å². The molecule has 1 aromatic rings. The van der Waals surface area contributed by atoms with Gasteiger partial charge in [0.15, 0.2) is 0 Å². The first-order chi connectivity index (χ1) is 8.58. The van der Waals surface area contributed by atoms with E-state index in [0.29, 0.717) is 22.9 Å². The van der Waals surface area contributed by atoms with Crippen LogP contribution in [0.1, 0.15) is 17.3 Å². The Balaban J connectivity index is 2.79. The van der Waals surface area contributed by atoms with Crippen LogP contribution in [0.25, 0.3) is 0 Å². The van der Waals surface area contributed by atoms with Crippen LogP contribution in [0, 0.1) is 0 Å². The highest BCUT2D eigenvalue weighted by Crippen LogP contribution is 2.20. The maximum Gasteiger partial charge on any atom is 0.252 e. The molecule has 1 rings (SSSR count). The summed E-state index contributed by atoms with van der Waals surface area (Å²) >= 11 is 5.89. The van der Waals surface area contributed by atoms with E-state index in [9.17, 15) is 9.59 Å². The summed E-state index contributed by atoms with van der Waals surface area (Å²) in [5.41, 5.74) is 0.816. The molecule has 0 aliphatic heterocycles. The first-order valence-electron chi connectivity index (χ1n) is 5.47. The predicted octanol–water partition coefficient (Wildman–Crippen LogP) is 1.67. The van der Waals surface area contributed by atoms with Crippen LogP contribution in [0.2, 0.25) is 5.02 Å². The number of ether oxygens (including phenoxy) is 1. The standard InChI is InChI=1S/C12H15ClN2O3/c1-3-18-7-11(16)15-8-4-5-10(13)9(6-8)12(17)14-2/h4-6H,3,7H2,1-2H3,(H,14,17)(H,15,16). The topological polar surface area (TPSA) is 67.4 Å². The van der Waals surface area contributed by atoms with Crippen molar-refractivity contribution in [3.05, 3.63) is 28.8 Å². The highest BCUT2D eigenvalue weighted by molar-refractivity contribution is 6.34. The van der Waals surface area contributed by atoms with Crippen molar-refractivity contribution >= 4 is 29.1 Å². The van der Waals surface area contributed by atoms with Crippen LogP contribution in [0.5, 0.6) is 0 Å². The molecule has 2 amide bonds. The summed E-state index contributed by atoms with van der Waals surface area (Å²) in [6.07, 6.45) is 0. The van der Waals surface area contributed by atoms with E-state index in [1.165, 1.54) is 13.1 Å². The van der Waals surface area contributed by atoms with Gasteiger partial charge in [0, 0.05) is 19.3 Å². The number of hydrogen-bond acceptors (Lipinski definition) is 3. The van der Waals surface area contributed by atoms with Crippen molar-refractivity contribution in [2.24, 2.45) is 0 Å². The van der Waals surface area contributed by atoms with Gasteiger partial charge in [0.2, 0.25) is 5.91 Å². The lowest BCUT2D eigenvalue weighted by molar-refractivity contribution is -0.120. The van der Waals surface area contributed by atoms with E-state index in [-0.39, 0.29) is 18.4 Å². The molecule has 6 heteroatoms. The number of hydrogen-bond donors (Lipinski definition) is 2. The molecule has 1 aromatic carbocycles. The first kappa shape index (κ1) is 14.5. The third-order valence-corrected chi connectivity index (χ3v) is 2.49. The third kappa shape index (κ3) is 4.01. The molecule has 0 atom stereocenters. The Bertz CT molecular complexity index is 449. The number of anilines is 1. The summed E-state index contributed by atoms with van der Waals surface area (Å²) in [5.74, 6) is -0.581. The zero-order valence-corrected chi connectivity index (χ0v) is 11.0. The van der Waals surface area contributed by atoms with Gasteiger partial charge in [-0.3, -0.25) is 9.59 Å². The quantitative estimate of drug-likeness (QED) is 0.855. The Kier molecular flexibility index (Phi) is 5.61. The molecule has 0 fully saturated rings. The van der Waals surface area contributed by atoms with E-state index in [1.54, 1.807) is 19.1 Å². The predicted molar refractivity (Wildman–Crippen MR) is 70.0 cm³/mol. The van der Waals surface area contributed by atoms with Gasteiger partial charge in [-0.2, -0.15) is 0 Å². The van der Waals surface area contributed by atoms with Crippen LogP contribution in [0.3, 0.4) is 0 Å². The van der Waals surface area contributed by atoms with Crippen LogP contribution in [-0.4, -0.2) is 32.1 Å². The van der Waals surface area contributed by atoms with Crippen LogP contribution in [0.15, 0.2) is 18.2 Å².